The van der Waals surface area contributed by atoms with Gasteiger partial charge in [0.05, 0.1) is 0 Å². The van der Waals surface area contributed by atoms with Gasteiger partial charge in [-0.15, -0.1) is 6.58 Å². The molecule has 0 unspecified atom stereocenters. The van der Waals surface area contributed by atoms with Gasteiger partial charge in [0.2, 0.25) is 0 Å². The minimum Gasteiger partial charge on any atom is -0.386 e. The van der Waals surface area contributed by atoms with Crippen LogP contribution in [0.5, 0.6) is 0 Å². The summed E-state index contributed by atoms with van der Waals surface area (Å²) in [6.07, 6.45) is 0.910. The van der Waals surface area contributed by atoms with Gasteiger partial charge in [0.1, 0.15) is 18.3 Å². The number of aliphatic hydroxyl groups excluding tert-OH is 1. The predicted molar refractivity (Wildman–Crippen MR) is 50.3 cm³/mol. The molecule has 1 saturated heterocycles. The molecule has 0 spiro atoms. The Balaban J connectivity index is 2.04. The van der Waals surface area contributed by atoms with Crippen molar-refractivity contribution in [1.29, 1.82) is 0 Å². The van der Waals surface area contributed by atoms with Gasteiger partial charge in [-0.2, -0.15) is 0 Å². The van der Waals surface area contributed by atoms with Crippen LogP contribution < -0.4 is 0 Å². The highest BCUT2D eigenvalue weighted by Crippen LogP contribution is 2.40. The molecule has 0 amide bonds. The van der Waals surface area contributed by atoms with E-state index in [0.717, 1.165) is 5.56 Å². The maximum Gasteiger partial charge on any atom is 0.118 e. The summed E-state index contributed by atoms with van der Waals surface area (Å²) in [5.74, 6) is 0. The van der Waals surface area contributed by atoms with Crippen LogP contribution in [0.2, 0.25) is 0 Å². The summed E-state index contributed by atoms with van der Waals surface area (Å²) >= 11 is 0. The first-order valence-corrected chi connectivity index (χ1v) is 4.34. The largest absolute Gasteiger partial charge is 0.386 e. The van der Waals surface area contributed by atoms with Crippen molar-refractivity contribution in [2.75, 3.05) is 0 Å². The number of aliphatic hydroxyl groups is 1. The molecule has 0 saturated carbocycles. The lowest BCUT2D eigenvalue weighted by Crippen LogP contribution is -2.10. The Labute approximate surface area is 77.5 Å². The zero-order chi connectivity index (χ0) is 9.26. The molecule has 2 heteroatoms. The maximum absolute atomic E-state index is 9.39. The van der Waals surface area contributed by atoms with Crippen LogP contribution in [0.1, 0.15) is 11.7 Å². The molecule has 1 aliphatic heterocycles. The van der Waals surface area contributed by atoms with Gasteiger partial charge in [0, 0.05) is 0 Å². The standard InChI is InChI=1S/C11H12O2/c1-2-9(12)11-10(13-11)8-6-4-3-5-7-8/h2-7,9-12H,1H2/t9-,10+,11+/m0/s1. The van der Waals surface area contributed by atoms with Crippen LogP contribution in [-0.4, -0.2) is 17.3 Å². The maximum atomic E-state index is 9.39. The van der Waals surface area contributed by atoms with Gasteiger partial charge >= 0.3 is 0 Å². The normalized spacial score (nSPS) is 28.1. The summed E-state index contributed by atoms with van der Waals surface area (Å²) in [4.78, 5) is 0. The van der Waals surface area contributed by atoms with Crippen LogP contribution in [0.25, 0.3) is 0 Å². The Kier molecular flexibility index (Phi) is 2.17. The molecule has 1 aromatic carbocycles. The summed E-state index contributed by atoms with van der Waals surface area (Å²) in [7, 11) is 0. The Morgan fingerprint density at radius 1 is 1.38 bits per heavy atom. The van der Waals surface area contributed by atoms with Gasteiger partial charge < -0.3 is 9.84 Å². The quantitative estimate of drug-likeness (QED) is 0.561. The molecule has 1 aliphatic rings. The van der Waals surface area contributed by atoms with Crippen molar-refractivity contribution in [3.63, 3.8) is 0 Å². The summed E-state index contributed by atoms with van der Waals surface area (Å²) < 4.78 is 5.33. The van der Waals surface area contributed by atoms with E-state index in [4.69, 9.17) is 4.74 Å². The van der Waals surface area contributed by atoms with Gasteiger partial charge in [-0.3, -0.25) is 0 Å². The van der Waals surface area contributed by atoms with Crippen LogP contribution in [-0.2, 0) is 4.74 Å². The zero-order valence-electron chi connectivity index (χ0n) is 7.26. The van der Waals surface area contributed by atoms with Crippen molar-refractivity contribution in [2.24, 2.45) is 0 Å². The van der Waals surface area contributed by atoms with E-state index >= 15 is 0 Å². The van der Waals surface area contributed by atoms with Gasteiger partial charge in [0.25, 0.3) is 0 Å². The molecule has 1 aromatic rings. The van der Waals surface area contributed by atoms with E-state index in [0.29, 0.717) is 0 Å². The topological polar surface area (TPSA) is 32.8 Å². The van der Waals surface area contributed by atoms with Crippen LogP contribution in [0.15, 0.2) is 43.0 Å². The molecule has 1 heterocycles. The highest BCUT2D eigenvalue weighted by Gasteiger charge is 2.44. The Hall–Kier alpha value is -1.12. The predicted octanol–water partition coefficient (Wildman–Crippen LogP) is 1.67. The number of ether oxygens (including phenoxy) is 1. The van der Waals surface area contributed by atoms with Crippen molar-refractivity contribution in [1.82, 2.24) is 0 Å². The van der Waals surface area contributed by atoms with Crippen LogP contribution >= 0.6 is 0 Å². The molecular formula is C11H12O2. The summed E-state index contributed by atoms with van der Waals surface area (Å²) in [6.45, 7) is 3.52. The number of rotatable bonds is 3. The van der Waals surface area contributed by atoms with Crippen molar-refractivity contribution >= 4 is 0 Å². The molecule has 0 aliphatic carbocycles. The van der Waals surface area contributed by atoms with E-state index in [1.165, 1.54) is 6.08 Å². The number of epoxide rings is 1. The Bertz CT molecular complexity index is 294. The van der Waals surface area contributed by atoms with Crippen molar-refractivity contribution in [3.05, 3.63) is 48.6 Å². The third kappa shape index (κ3) is 1.64. The van der Waals surface area contributed by atoms with Crippen molar-refractivity contribution in [3.8, 4) is 0 Å². The van der Waals surface area contributed by atoms with Gasteiger partial charge in [-0.25, -0.2) is 0 Å². The average Bonchev–Trinajstić information content (AvgIpc) is 2.98. The first-order chi connectivity index (χ1) is 6.33. The molecule has 68 valence electrons. The molecule has 3 atom stereocenters. The number of benzene rings is 1. The molecule has 0 bridgehead atoms. The molecule has 0 radical (unpaired) electrons. The zero-order valence-corrected chi connectivity index (χ0v) is 7.26. The monoisotopic (exact) mass is 176 g/mol. The SMILES string of the molecule is C=C[C@H](O)[C@H]1O[C@@H]1c1ccccc1. The first-order valence-electron chi connectivity index (χ1n) is 4.34. The highest BCUT2D eigenvalue weighted by molar-refractivity contribution is 5.23. The van der Waals surface area contributed by atoms with Gasteiger partial charge in [-0.1, -0.05) is 36.4 Å². The minimum absolute atomic E-state index is 0.0502. The minimum atomic E-state index is -0.551. The molecule has 1 N–H and O–H groups in total. The first kappa shape index (κ1) is 8.48. The molecule has 2 nitrogen and oxygen atoms in total. The molecular weight excluding hydrogens is 164 g/mol. The van der Waals surface area contributed by atoms with Crippen molar-refractivity contribution in [2.45, 2.75) is 18.3 Å². The lowest BCUT2D eigenvalue weighted by molar-refractivity contribution is 0.178. The fourth-order valence-electron chi connectivity index (χ4n) is 1.43. The molecule has 1 fully saturated rings. The van der Waals surface area contributed by atoms with E-state index in [-0.39, 0.29) is 12.2 Å². The fraction of sp³-hybridized carbons (Fsp3) is 0.273. The average molecular weight is 176 g/mol. The van der Waals surface area contributed by atoms with Crippen LogP contribution in [0.4, 0.5) is 0 Å². The summed E-state index contributed by atoms with van der Waals surface area (Å²) in [5.41, 5.74) is 1.12. The van der Waals surface area contributed by atoms with Crippen LogP contribution in [0, 0.1) is 0 Å². The lowest BCUT2D eigenvalue weighted by atomic mass is 10.1. The Morgan fingerprint density at radius 3 is 2.69 bits per heavy atom. The number of hydrogen-bond acceptors (Lipinski definition) is 2. The molecule has 2 rings (SSSR count). The van der Waals surface area contributed by atoms with E-state index in [9.17, 15) is 5.11 Å². The Morgan fingerprint density at radius 2 is 2.08 bits per heavy atom. The van der Waals surface area contributed by atoms with Gasteiger partial charge in [0.15, 0.2) is 0 Å². The molecule has 0 aromatic heterocycles. The summed E-state index contributed by atoms with van der Waals surface area (Å²) in [5, 5.41) is 9.39. The van der Waals surface area contributed by atoms with E-state index in [1.54, 1.807) is 0 Å². The van der Waals surface area contributed by atoms with Crippen molar-refractivity contribution < 1.29 is 9.84 Å². The fourth-order valence-corrected chi connectivity index (χ4v) is 1.43. The van der Waals surface area contributed by atoms with E-state index in [1.807, 2.05) is 30.3 Å². The second-order valence-corrected chi connectivity index (χ2v) is 3.16. The number of hydrogen-bond donors (Lipinski definition) is 1. The van der Waals surface area contributed by atoms with Gasteiger partial charge in [-0.05, 0) is 5.56 Å². The van der Waals surface area contributed by atoms with E-state index < -0.39 is 6.10 Å². The second-order valence-electron chi connectivity index (χ2n) is 3.16. The second kappa shape index (κ2) is 3.32. The summed E-state index contributed by atoms with van der Waals surface area (Å²) in [6, 6.07) is 9.90. The molecule has 13 heavy (non-hydrogen) atoms. The highest BCUT2D eigenvalue weighted by atomic mass is 16.6. The smallest absolute Gasteiger partial charge is 0.118 e. The van der Waals surface area contributed by atoms with E-state index in [2.05, 4.69) is 6.58 Å². The third-order valence-corrected chi connectivity index (χ3v) is 2.23. The lowest BCUT2D eigenvalue weighted by Gasteiger charge is -1.98. The van der Waals surface area contributed by atoms with Crippen LogP contribution in [0.3, 0.4) is 0 Å². The third-order valence-electron chi connectivity index (χ3n) is 2.23.